The molecule has 19 heavy (non-hydrogen) atoms. The molecule has 1 aromatic rings. The van der Waals surface area contributed by atoms with E-state index in [1.165, 1.54) is 19.3 Å². The first kappa shape index (κ1) is 14.8. The van der Waals surface area contributed by atoms with E-state index in [2.05, 4.69) is 16.6 Å². The molecule has 0 heterocycles. The zero-order valence-corrected chi connectivity index (χ0v) is 10.5. The van der Waals surface area contributed by atoms with Gasteiger partial charge in [0.2, 0.25) is 5.91 Å². The summed E-state index contributed by atoms with van der Waals surface area (Å²) >= 11 is 0. The highest BCUT2D eigenvalue weighted by atomic mass is 19.1. The largest absolute Gasteiger partial charge is 0.465 e. The number of carbonyl (C=O) groups excluding carboxylic acids is 2. The second-order valence-corrected chi connectivity index (χ2v) is 3.80. The molecule has 5 nitrogen and oxygen atoms in total. The topological polar surface area (TPSA) is 81.4 Å². The molecule has 1 rings (SSSR count). The molecule has 0 aromatic heterocycles. The fourth-order valence-electron chi connectivity index (χ4n) is 1.42. The second-order valence-electron chi connectivity index (χ2n) is 3.80. The van der Waals surface area contributed by atoms with Crippen LogP contribution in [0, 0.1) is 5.82 Å². The molecule has 0 spiro atoms. The van der Waals surface area contributed by atoms with E-state index in [1.807, 2.05) is 0 Å². The van der Waals surface area contributed by atoms with E-state index in [-0.39, 0.29) is 17.7 Å². The Morgan fingerprint density at radius 3 is 2.84 bits per heavy atom. The van der Waals surface area contributed by atoms with Crippen LogP contribution in [0.1, 0.15) is 16.8 Å². The number of hydrogen-bond donors (Lipinski definition) is 2. The number of nitrogens with one attached hydrogen (secondary N) is 1. The average Bonchev–Trinajstić information content (AvgIpc) is 2.38. The summed E-state index contributed by atoms with van der Waals surface area (Å²) < 4.78 is 17.7. The summed E-state index contributed by atoms with van der Waals surface area (Å²) in [6.45, 7) is 3.47. The molecule has 1 amide bonds. The van der Waals surface area contributed by atoms with Crippen LogP contribution in [0.15, 0.2) is 30.9 Å². The number of rotatable bonds is 5. The predicted molar refractivity (Wildman–Crippen MR) is 69.2 cm³/mol. The Balaban J connectivity index is 2.98. The molecule has 0 saturated carbocycles. The fraction of sp³-hybridized carbons (Fsp3) is 0.231. The number of benzene rings is 1. The lowest BCUT2D eigenvalue weighted by Crippen LogP contribution is -2.35. The molecule has 0 aliphatic carbocycles. The number of nitrogens with two attached hydrogens (primary N) is 1. The van der Waals surface area contributed by atoms with Crippen LogP contribution < -0.4 is 11.1 Å². The molecule has 102 valence electrons. The van der Waals surface area contributed by atoms with Crippen molar-refractivity contribution in [1.29, 1.82) is 0 Å². The van der Waals surface area contributed by atoms with Gasteiger partial charge in [-0.3, -0.25) is 4.79 Å². The third-order valence-electron chi connectivity index (χ3n) is 2.40. The minimum atomic E-state index is -0.814. The van der Waals surface area contributed by atoms with Gasteiger partial charge in [0.25, 0.3) is 0 Å². The normalized spacial score (nSPS) is 11.5. The van der Waals surface area contributed by atoms with E-state index in [9.17, 15) is 14.0 Å². The van der Waals surface area contributed by atoms with E-state index in [4.69, 9.17) is 5.73 Å². The van der Waals surface area contributed by atoms with Gasteiger partial charge in [0, 0.05) is 0 Å². The molecule has 1 aromatic carbocycles. The Bertz CT molecular complexity index is 503. The maximum Gasteiger partial charge on any atom is 0.339 e. The Labute approximate surface area is 110 Å². The van der Waals surface area contributed by atoms with Crippen LogP contribution in [-0.2, 0) is 9.53 Å². The molecule has 6 heteroatoms. The van der Waals surface area contributed by atoms with Crippen molar-refractivity contribution in [3.8, 4) is 0 Å². The van der Waals surface area contributed by atoms with Crippen molar-refractivity contribution in [2.75, 3.05) is 12.4 Å². The first-order valence-electron chi connectivity index (χ1n) is 5.54. The zero-order valence-electron chi connectivity index (χ0n) is 10.5. The van der Waals surface area contributed by atoms with Crippen molar-refractivity contribution < 1.29 is 18.7 Å². The van der Waals surface area contributed by atoms with Crippen molar-refractivity contribution >= 4 is 17.6 Å². The summed E-state index contributed by atoms with van der Waals surface area (Å²) in [6, 6.07) is 2.55. The predicted octanol–water partition coefficient (Wildman–Crippen LogP) is 1.45. The van der Waals surface area contributed by atoms with Crippen molar-refractivity contribution in [1.82, 2.24) is 0 Å². The Morgan fingerprint density at radius 2 is 2.26 bits per heavy atom. The number of carbonyl (C=O) groups is 2. The molecule has 3 N–H and O–H groups in total. The first-order chi connectivity index (χ1) is 8.99. The van der Waals surface area contributed by atoms with E-state index in [1.54, 1.807) is 0 Å². The molecule has 0 radical (unpaired) electrons. The Kier molecular flexibility index (Phi) is 5.20. The fourth-order valence-corrected chi connectivity index (χ4v) is 1.42. The molecular weight excluding hydrogens is 251 g/mol. The summed E-state index contributed by atoms with van der Waals surface area (Å²) in [7, 11) is 1.20. The average molecular weight is 266 g/mol. The molecule has 1 unspecified atom stereocenters. The van der Waals surface area contributed by atoms with Crippen molar-refractivity contribution in [2.24, 2.45) is 5.73 Å². The third kappa shape index (κ3) is 3.89. The number of methoxy groups -OCH3 is 1. The SMILES string of the molecule is C=CCC(N)C(=O)Nc1cc(F)ccc1C(=O)OC. The highest BCUT2D eigenvalue weighted by Crippen LogP contribution is 2.18. The van der Waals surface area contributed by atoms with Gasteiger partial charge in [0.1, 0.15) is 5.82 Å². The van der Waals surface area contributed by atoms with Gasteiger partial charge in [-0.2, -0.15) is 0 Å². The molecule has 0 saturated heterocycles. The summed E-state index contributed by atoms with van der Waals surface area (Å²) in [6.07, 6.45) is 1.77. The highest BCUT2D eigenvalue weighted by molar-refractivity contribution is 6.02. The van der Waals surface area contributed by atoms with Crippen LogP contribution >= 0.6 is 0 Å². The van der Waals surface area contributed by atoms with Crippen molar-refractivity contribution in [2.45, 2.75) is 12.5 Å². The lowest BCUT2D eigenvalue weighted by Gasteiger charge is -2.13. The molecule has 0 bridgehead atoms. The van der Waals surface area contributed by atoms with Gasteiger partial charge in [0.15, 0.2) is 0 Å². The minimum absolute atomic E-state index is 0.0244. The van der Waals surface area contributed by atoms with Gasteiger partial charge in [-0.05, 0) is 24.6 Å². The highest BCUT2D eigenvalue weighted by Gasteiger charge is 2.17. The molecule has 0 aliphatic rings. The number of anilines is 1. The van der Waals surface area contributed by atoms with Crippen LogP contribution in [0.2, 0.25) is 0 Å². The summed E-state index contributed by atoms with van der Waals surface area (Å²) in [5.74, 6) is -1.79. The van der Waals surface area contributed by atoms with Crippen LogP contribution in [-0.4, -0.2) is 25.0 Å². The number of ether oxygens (including phenoxy) is 1. The quantitative estimate of drug-likeness (QED) is 0.624. The summed E-state index contributed by atoms with van der Waals surface area (Å²) in [5.41, 5.74) is 5.66. The number of hydrogen-bond acceptors (Lipinski definition) is 4. The van der Waals surface area contributed by atoms with Gasteiger partial charge in [-0.15, -0.1) is 6.58 Å². The standard InChI is InChI=1S/C13H15FN2O3/c1-3-4-10(15)12(17)16-11-7-8(14)5-6-9(11)13(18)19-2/h3,5-7,10H,1,4,15H2,2H3,(H,16,17). The lowest BCUT2D eigenvalue weighted by molar-refractivity contribution is -0.117. The third-order valence-corrected chi connectivity index (χ3v) is 2.40. The molecular formula is C13H15FN2O3. The van der Waals surface area contributed by atoms with Crippen LogP contribution in [0.25, 0.3) is 0 Å². The van der Waals surface area contributed by atoms with Crippen LogP contribution in [0.4, 0.5) is 10.1 Å². The monoisotopic (exact) mass is 266 g/mol. The van der Waals surface area contributed by atoms with E-state index >= 15 is 0 Å². The maximum absolute atomic E-state index is 13.2. The van der Waals surface area contributed by atoms with Gasteiger partial charge < -0.3 is 15.8 Å². The molecule has 0 fully saturated rings. The van der Waals surface area contributed by atoms with E-state index in [0.717, 1.165) is 12.1 Å². The van der Waals surface area contributed by atoms with Crippen molar-refractivity contribution in [3.05, 3.63) is 42.2 Å². The maximum atomic E-state index is 13.2. The van der Waals surface area contributed by atoms with E-state index < -0.39 is 23.7 Å². The zero-order chi connectivity index (χ0) is 14.4. The van der Waals surface area contributed by atoms with Crippen LogP contribution in [0.5, 0.6) is 0 Å². The number of amides is 1. The lowest BCUT2D eigenvalue weighted by atomic mass is 10.1. The molecule has 1 atom stereocenters. The Hall–Kier alpha value is -2.21. The van der Waals surface area contributed by atoms with Gasteiger partial charge in [-0.25, -0.2) is 9.18 Å². The van der Waals surface area contributed by atoms with Gasteiger partial charge in [-0.1, -0.05) is 6.08 Å². The summed E-state index contributed by atoms with van der Waals surface area (Å²) in [5, 5.41) is 2.40. The van der Waals surface area contributed by atoms with E-state index in [0.29, 0.717) is 0 Å². The number of esters is 1. The van der Waals surface area contributed by atoms with Gasteiger partial charge >= 0.3 is 5.97 Å². The van der Waals surface area contributed by atoms with Crippen LogP contribution in [0.3, 0.4) is 0 Å². The number of halogens is 1. The summed E-state index contributed by atoms with van der Waals surface area (Å²) in [4.78, 5) is 23.2. The first-order valence-corrected chi connectivity index (χ1v) is 5.54. The van der Waals surface area contributed by atoms with Crippen molar-refractivity contribution in [3.63, 3.8) is 0 Å². The molecule has 0 aliphatic heterocycles. The second kappa shape index (κ2) is 6.65. The Morgan fingerprint density at radius 1 is 1.58 bits per heavy atom. The smallest absolute Gasteiger partial charge is 0.339 e. The van der Waals surface area contributed by atoms with Gasteiger partial charge in [0.05, 0.1) is 24.4 Å². The minimum Gasteiger partial charge on any atom is -0.465 e.